The quantitative estimate of drug-likeness (QED) is 0.661. The normalized spacial score (nSPS) is 12.1. The van der Waals surface area contributed by atoms with Crippen molar-refractivity contribution in [2.24, 2.45) is 5.73 Å². The summed E-state index contributed by atoms with van der Waals surface area (Å²) in [5.74, 6) is 0.170. The van der Waals surface area contributed by atoms with Gasteiger partial charge in [-0.15, -0.1) is 0 Å². The first kappa shape index (κ1) is 14.0. The van der Waals surface area contributed by atoms with Crippen molar-refractivity contribution in [3.63, 3.8) is 0 Å². The molecule has 0 amide bonds. The maximum atomic E-state index is 11.2. The van der Waals surface area contributed by atoms with Gasteiger partial charge in [-0.05, 0) is 30.2 Å². The van der Waals surface area contributed by atoms with Crippen LogP contribution in [-0.2, 0) is 6.42 Å². The van der Waals surface area contributed by atoms with Gasteiger partial charge >= 0.3 is 0 Å². The van der Waals surface area contributed by atoms with Gasteiger partial charge in [0.15, 0.2) is 0 Å². The van der Waals surface area contributed by atoms with E-state index in [1.165, 1.54) is 6.07 Å². The lowest BCUT2D eigenvalue weighted by Gasteiger charge is -2.13. The minimum Gasteiger partial charge on any atom is -0.508 e. The Bertz CT molecular complexity index is 622. The average Bonchev–Trinajstić information content (AvgIpc) is 2.41. The van der Waals surface area contributed by atoms with Crippen LogP contribution in [0.1, 0.15) is 29.7 Å². The highest BCUT2D eigenvalue weighted by Gasteiger charge is 2.19. The fourth-order valence-electron chi connectivity index (χ4n) is 2.20. The third-order valence-electron chi connectivity index (χ3n) is 3.19. The van der Waals surface area contributed by atoms with E-state index in [1.807, 2.05) is 6.07 Å². The van der Waals surface area contributed by atoms with Crippen LogP contribution in [-0.4, -0.2) is 10.0 Å². The maximum absolute atomic E-state index is 11.2. The van der Waals surface area contributed by atoms with Crippen LogP contribution < -0.4 is 5.73 Å². The first-order valence-electron chi connectivity index (χ1n) is 6.28. The summed E-state index contributed by atoms with van der Waals surface area (Å²) in [4.78, 5) is 10.8. The first-order chi connectivity index (χ1) is 9.49. The summed E-state index contributed by atoms with van der Waals surface area (Å²) in [6, 6.07) is 11.3. The minimum atomic E-state index is -0.387. The molecule has 0 saturated heterocycles. The lowest BCUT2D eigenvalue weighted by atomic mass is 9.94. The maximum Gasteiger partial charge on any atom is 0.273 e. The Labute approximate surface area is 116 Å². The summed E-state index contributed by atoms with van der Waals surface area (Å²) in [6.45, 7) is 1.80. The van der Waals surface area contributed by atoms with Crippen molar-refractivity contribution in [3.05, 3.63) is 69.3 Å². The van der Waals surface area contributed by atoms with Gasteiger partial charge in [-0.1, -0.05) is 24.3 Å². The summed E-state index contributed by atoms with van der Waals surface area (Å²) >= 11 is 0. The van der Waals surface area contributed by atoms with E-state index in [4.69, 9.17) is 5.73 Å². The number of hydrogen-bond donors (Lipinski definition) is 2. The third-order valence-corrected chi connectivity index (χ3v) is 3.19. The number of nitro groups is 1. The fraction of sp³-hybridized carbons (Fsp3) is 0.200. The monoisotopic (exact) mass is 272 g/mol. The van der Waals surface area contributed by atoms with Crippen molar-refractivity contribution in [1.29, 1.82) is 0 Å². The van der Waals surface area contributed by atoms with Crippen LogP contribution in [0.25, 0.3) is 0 Å². The van der Waals surface area contributed by atoms with Crippen LogP contribution in [0, 0.1) is 10.1 Å². The van der Waals surface area contributed by atoms with Gasteiger partial charge in [0.2, 0.25) is 0 Å². The van der Waals surface area contributed by atoms with Gasteiger partial charge in [-0.25, -0.2) is 0 Å². The van der Waals surface area contributed by atoms with Crippen LogP contribution in [0.5, 0.6) is 5.75 Å². The van der Waals surface area contributed by atoms with Gasteiger partial charge in [0, 0.05) is 24.1 Å². The predicted molar refractivity (Wildman–Crippen MR) is 76.6 cm³/mol. The molecule has 2 rings (SSSR count). The summed E-state index contributed by atoms with van der Waals surface area (Å²) in [6.07, 6.45) is 0.411. The van der Waals surface area contributed by atoms with Crippen LogP contribution in [0.15, 0.2) is 42.5 Å². The molecule has 3 N–H and O–H groups in total. The number of phenols is 1. The Kier molecular flexibility index (Phi) is 4.00. The van der Waals surface area contributed by atoms with Gasteiger partial charge in [0.25, 0.3) is 5.69 Å². The lowest BCUT2D eigenvalue weighted by molar-refractivity contribution is -0.385. The molecule has 1 atom stereocenters. The Hall–Kier alpha value is -2.40. The Morgan fingerprint density at radius 2 is 1.90 bits per heavy atom. The van der Waals surface area contributed by atoms with Crippen LogP contribution in [0.2, 0.25) is 0 Å². The standard InChI is InChI=1S/C15H16N2O3/c1-10(16)13-3-2-4-15(17(19)20)14(13)9-11-5-7-12(18)8-6-11/h2-8,10,18H,9,16H2,1H3. The smallest absolute Gasteiger partial charge is 0.273 e. The Balaban J connectivity index is 2.47. The van der Waals surface area contributed by atoms with E-state index in [1.54, 1.807) is 37.3 Å². The van der Waals surface area contributed by atoms with E-state index in [2.05, 4.69) is 0 Å². The van der Waals surface area contributed by atoms with Crippen molar-refractivity contribution in [1.82, 2.24) is 0 Å². The van der Waals surface area contributed by atoms with Crippen LogP contribution in [0.3, 0.4) is 0 Å². The molecule has 5 nitrogen and oxygen atoms in total. The van der Waals surface area contributed by atoms with Gasteiger partial charge in [-0.2, -0.15) is 0 Å². The van der Waals surface area contributed by atoms with Crippen LogP contribution in [0.4, 0.5) is 5.69 Å². The van der Waals surface area contributed by atoms with Crippen molar-refractivity contribution < 1.29 is 10.0 Å². The van der Waals surface area contributed by atoms with E-state index in [-0.39, 0.29) is 22.4 Å². The van der Waals surface area contributed by atoms with E-state index in [0.717, 1.165) is 11.1 Å². The largest absolute Gasteiger partial charge is 0.508 e. The SMILES string of the molecule is CC(N)c1cccc([N+](=O)[O-])c1Cc1ccc(O)cc1. The first-order valence-corrected chi connectivity index (χ1v) is 6.28. The molecule has 0 aliphatic rings. The molecule has 2 aromatic rings. The molecule has 5 heteroatoms. The van der Waals surface area contributed by atoms with Crippen molar-refractivity contribution in [2.75, 3.05) is 0 Å². The number of benzene rings is 2. The molecule has 1 unspecified atom stereocenters. The molecule has 0 bridgehead atoms. The molecule has 0 aliphatic carbocycles. The van der Waals surface area contributed by atoms with E-state index in [0.29, 0.717) is 12.0 Å². The van der Waals surface area contributed by atoms with Crippen LogP contribution >= 0.6 is 0 Å². The number of nitrogens with two attached hydrogens (primary N) is 1. The van der Waals surface area contributed by atoms with Crippen molar-refractivity contribution in [3.8, 4) is 5.75 Å². The zero-order valence-corrected chi connectivity index (χ0v) is 11.1. The molecule has 0 aromatic heterocycles. The number of rotatable bonds is 4. The zero-order chi connectivity index (χ0) is 14.7. The molecular weight excluding hydrogens is 256 g/mol. The highest BCUT2D eigenvalue weighted by Crippen LogP contribution is 2.28. The minimum absolute atomic E-state index is 0.0767. The Morgan fingerprint density at radius 3 is 2.45 bits per heavy atom. The van der Waals surface area contributed by atoms with Gasteiger partial charge in [0.05, 0.1) is 4.92 Å². The second-order valence-electron chi connectivity index (χ2n) is 4.73. The van der Waals surface area contributed by atoms with E-state index < -0.39 is 0 Å². The number of hydrogen-bond acceptors (Lipinski definition) is 4. The zero-order valence-electron chi connectivity index (χ0n) is 11.1. The van der Waals surface area contributed by atoms with Gasteiger partial charge in [-0.3, -0.25) is 10.1 Å². The molecule has 0 saturated carbocycles. The second kappa shape index (κ2) is 5.71. The summed E-state index contributed by atoms with van der Waals surface area (Å²) in [7, 11) is 0. The average molecular weight is 272 g/mol. The summed E-state index contributed by atoms with van der Waals surface area (Å²) < 4.78 is 0. The van der Waals surface area contributed by atoms with Gasteiger partial charge in [0.1, 0.15) is 5.75 Å². The molecule has 20 heavy (non-hydrogen) atoms. The molecular formula is C15H16N2O3. The molecule has 0 spiro atoms. The highest BCUT2D eigenvalue weighted by atomic mass is 16.6. The summed E-state index contributed by atoms with van der Waals surface area (Å²) in [5.41, 5.74) is 8.26. The number of nitrogens with zero attached hydrogens (tertiary/aromatic N) is 1. The lowest BCUT2D eigenvalue weighted by Crippen LogP contribution is -2.10. The molecule has 0 aliphatic heterocycles. The molecule has 0 heterocycles. The van der Waals surface area contributed by atoms with E-state index >= 15 is 0 Å². The van der Waals surface area contributed by atoms with Gasteiger partial charge < -0.3 is 10.8 Å². The van der Waals surface area contributed by atoms with E-state index in [9.17, 15) is 15.2 Å². The predicted octanol–water partition coefficient (Wildman–Crippen LogP) is 2.91. The van der Waals surface area contributed by atoms with Crippen molar-refractivity contribution >= 4 is 5.69 Å². The molecule has 0 fully saturated rings. The number of nitro benzene ring substituents is 1. The molecule has 2 aromatic carbocycles. The topological polar surface area (TPSA) is 89.4 Å². The molecule has 0 radical (unpaired) electrons. The second-order valence-corrected chi connectivity index (χ2v) is 4.73. The Morgan fingerprint density at radius 1 is 1.25 bits per heavy atom. The fourth-order valence-corrected chi connectivity index (χ4v) is 2.20. The highest BCUT2D eigenvalue weighted by molar-refractivity contribution is 5.49. The number of aromatic hydroxyl groups is 1. The summed E-state index contributed by atoms with van der Waals surface area (Å²) in [5, 5.41) is 20.4. The third kappa shape index (κ3) is 2.95. The number of phenolic OH excluding ortho intramolecular Hbond substituents is 1. The molecule has 104 valence electrons. The van der Waals surface area contributed by atoms with Crippen molar-refractivity contribution in [2.45, 2.75) is 19.4 Å².